The van der Waals surface area contributed by atoms with Crippen LogP contribution in [-0.2, 0) is 19.0 Å². The third-order valence-electron chi connectivity index (χ3n) is 7.57. The summed E-state index contributed by atoms with van der Waals surface area (Å²) in [6.07, 6.45) is 3.29. The lowest BCUT2D eigenvalue weighted by Crippen LogP contribution is -2.50. The number of nitrogens with one attached hydrogen (secondary N) is 2. The van der Waals surface area contributed by atoms with Crippen molar-refractivity contribution in [3.8, 4) is 0 Å². The van der Waals surface area contributed by atoms with Crippen molar-refractivity contribution < 1.29 is 34.0 Å². The topological polar surface area (TPSA) is 142 Å². The van der Waals surface area contributed by atoms with E-state index in [4.69, 9.17) is 14.2 Å². The second-order valence-electron chi connectivity index (χ2n) is 13.3. The number of carboxylic acids is 1. The van der Waals surface area contributed by atoms with Crippen LogP contribution in [0.1, 0.15) is 78.4 Å². The van der Waals surface area contributed by atoms with Crippen molar-refractivity contribution in [2.24, 2.45) is 10.9 Å². The van der Waals surface area contributed by atoms with Crippen LogP contribution >= 0.6 is 0 Å². The number of aliphatic hydroxyl groups is 1. The summed E-state index contributed by atoms with van der Waals surface area (Å²) in [5, 5.41) is 26.3. The number of fused-ring (bicyclic) bond motifs is 2. The molecule has 1 aromatic rings. The highest BCUT2D eigenvalue weighted by Gasteiger charge is 2.42. The van der Waals surface area contributed by atoms with Crippen molar-refractivity contribution in [1.29, 1.82) is 0 Å². The molecule has 0 aromatic heterocycles. The van der Waals surface area contributed by atoms with E-state index in [2.05, 4.69) is 46.8 Å². The highest BCUT2D eigenvalue weighted by atomic mass is 16.6. The molecule has 1 fully saturated rings. The number of rotatable bonds is 8. The minimum atomic E-state index is -1.39. The van der Waals surface area contributed by atoms with Gasteiger partial charge in [0.15, 0.2) is 5.96 Å². The van der Waals surface area contributed by atoms with Gasteiger partial charge in [0.05, 0.1) is 11.2 Å². The Balaban J connectivity index is 1.44. The molecule has 0 spiro atoms. The smallest absolute Gasteiger partial charge is 0.410 e. The minimum absolute atomic E-state index is 0.0182. The van der Waals surface area contributed by atoms with E-state index in [0.29, 0.717) is 5.92 Å². The lowest BCUT2D eigenvalue weighted by molar-refractivity contribution is -0.173. The molecule has 1 aliphatic heterocycles. The first-order valence-electron chi connectivity index (χ1n) is 14.9. The van der Waals surface area contributed by atoms with Gasteiger partial charge in [-0.15, -0.1) is 0 Å². The molecule has 1 amide bonds. The molecule has 1 heterocycles. The van der Waals surface area contributed by atoms with Crippen LogP contribution in [0.5, 0.6) is 0 Å². The van der Waals surface area contributed by atoms with Crippen LogP contribution in [0.2, 0.25) is 0 Å². The Kier molecular flexibility index (Phi) is 9.88. The van der Waals surface area contributed by atoms with Crippen LogP contribution in [0.25, 0.3) is 5.57 Å². The van der Waals surface area contributed by atoms with Gasteiger partial charge in [0.2, 0.25) is 6.41 Å². The lowest BCUT2D eigenvalue weighted by Gasteiger charge is -2.27. The number of hydrogen-bond acceptors (Lipinski definition) is 7. The van der Waals surface area contributed by atoms with Gasteiger partial charge in [0, 0.05) is 24.9 Å². The number of amides is 1. The SMILES string of the molecule is CC1CC=CC2=C1c1ccccc1C2COC(=O)N1C[C@H](NC(=NCOC(C)(C)C)NC(O)OC(C)(C)C)C[C@H]1C(=O)O. The van der Waals surface area contributed by atoms with Crippen molar-refractivity contribution in [2.45, 2.75) is 96.9 Å². The van der Waals surface area contributed by atoms with Crippen LogP contribution in [-0.4, -0.2) is 82.7 Å². The number of allylic oxidation sites excluding steroid dienone is 3. The number of guanidine groups is 1. The number of aliphatic hydroxyl groups excluding tert-OH is 1. The van der Waals surface area contributed by atoms with Gasteiger partial charge in [-0.05, 0) is 76.2 Å². The van der Waals surface area contributed by atoms with E-state index in [0.717, 1.165) is 17.6 Å². The van der Waals surface area contributed by atoms with Crippen LogP contribution < -0.4 is 10.6 Å². The van der Waals surface area contributed by atoms with Crippen molar-refractivity contribution >= 4 is 23.6 Å². The normalized spacial score (nSPS) is 24.5. The average molecular weight is 599 g/mol. The van der Waals surface area contributed by atoms with Gasteiger partial charge in [-0.2, -0.15) is 0 Å². The van der Waals surface area contributed by atoms with Crippen LogP contribution in [0, 0.1) is 5.92 Å². The van der Waals surface area contributed by atoms with Crippen LogP contribution in [0.3, 0.4) is 0 Å². The molecule has 0 radical (unpaired) electrons. The molecular weight excluding hydrogens is 552 g/mol. The Bertz CT molecular complexity index is 1280. The van der Waals surface area contributed by atoms with Gasteiger partial charge in [0.1, 0.15) is 19.4 Å². The monoisotopic (exact) mass is 598 g/mol. The van der Waals surface area contributed by atoms with Crippen molar-refractivity contribution in [3.63, 3.8) is 0 Å². The fraction of sp³-hybridized carbons (Fsp3) is 0.594. The summed E-state index contributed by atoms with van der Waals surface area (Å²) in [7, 11) is 0. The highest BCUT2D eigenvalue weighted by Crippen LogP contribution is 2.48. The summed E-state index contributed by atoms with van der Waals surface area (Å²) in [6, 6.07) is 6.61. The van der Waals surface area contributed by atoms with Crippen LogP contribution in [0.4, 0.5) is 4.79 Å². The quantitative estimate of drug-likeness (QED) is 0.197. The number of hydrogen-bond donors (Lipinski definition) is 4. The molecule has 3 unspecified atom stereocenters. The van der Waals surface area contributed by atoms with E-state index >= 15 is 0 Å². The largest absolute Gasteiger partial charge is 0.480 e. The number of aliphatic imine (C=N–C) groups is 1. The number of carboxylic acid groups (broad SMARTS) is 1. The molecule has 1 saturated heterocycles. The summed E-state index contributed by atoms with van der Waals surface area (Å²) >= 11 is 0. The second-order valence-corrected chi connectivity index (χ2v) is 13.3. The van der Waals surface area contributed by atoms with E-state index in [9.17, 15) is 19.8 Å². The molecule has 5 atom stereocenters. The molecule has 0 bridgehead atoms. The molecule has 11 heteroatoms. The van der Waals surface area contributed by atoms with Gasteiger partial charge < -0.3 is 35.1 Å². The fourth-order valence-corrected chi connectivity index (χ4v) is 5.72. The summed E-state index contributed by atoms with van der Waals surface area (Å²) in [5.74, 6) is -0.705. The van der Waals surface area contributed by atoms with E-state index in [1.54, 1.807) is 20.8 Å². The summed E-state index contributed by atoms with van der Waals surface area (Å²) in [5.41, 5.74) is 3.68. The first-order valence-corrected chi connectivity index (χ1v) is 14.9. The fourth-order valence-electron chi connectivity index (χ4n) is 5.72. The molecular formula is C32H46N4O7. The number of likely N-dealkylation sites (tertiary alicyclic amines) is 1. The Morgan fingerprint density at radius 2 is 1.86 bits per heavy atom. The molecule has 11 nitrogen and oxygen atoms in total. The molecule has 4 N–H and O–H groups in total. The molecule has 3 aliphatic rings. The van der Waals surface area contributed by atoms with Gasteiger partial charge in [0.25, 0.3) is 0 Å². The zero-order valence-electron chi connectivity index (χ0n) is 26.2. The number of ether oxygens (including phenoxy) is 3. The maximum atomic E-state index is 13.4. The third-order valence-corrected chi connectivity index (χ3v) is 7.57. The molecule has 4 rings (SSSR count). The summed E-state index contributed by atoms with van der Waals surface area (Å²) in [6.45, 7) is 13.5. The minimum Gasteiger partial charge on any atom is -0.480 e. The van der Waals surface area contributed by atoms with E-state index in [-0.39, 0.29) is 38.2 Å². The Hall–Kier alpha value is -3.41. The van der Waals surface area contributed by atoms with E-state index < -0.39 is 41.8 Å². The number of benzene rings is 1. The summed E-state index contributed by atoms with van der Waals surface area (Å²) in [4.78, 5) is 31.2. The molecule has 1 aromatic carbocycles. The number of aliphatic carboxylic acids is 1. The predicted octanol–water partition coefficient (Wildman–Crippen LogP) is 4.20. The molecule has 236 valence electrons. The summed E-state index contributed by atoms with van der Waals surface area (Å²) < 4.78 is 17.1. The maximum absolute atomic E-state index is 13.4. The van der Waals surface area contributed by atoms with E-state index in [1.807, 2.05) is 32.9 Å². The molecule has 2 aliphatic carbocycles. The predicted molar refractivity (Wildman–Crippen MR) is 163 cm³/mol. The first-order chi connectivity index (χ1) is 20.1. The van der Waals surface area contributed by atoms with Crippen LogP contribution in [0.15, 0.2) is 47.0 Å². The first kappa shape index (κ1) is 32.5. The van der Waals surface area contributed by atoms with Crippen molar-refractivity contribution in [1.82, 2.24) is 15.5 Å². The Morgan fingerprint density at radius 3 is 2.53 bits per heavy atom. The standard InChI is InChI=1S/C32H46N4O7/c1-19-11-10-14-23-24(21-12-8-9-13-22(21)26(19)23)17-41-30(40)36-16-20(15-25(36)27(37)38)34-28(33-18-42-31(2,3)4)35-29(39)43-32(5,6)7/h8-10,12-14,19-20,24-25,29,39H,11,15-18H2,1-7H3,(H,37,38)(H2,33,34,35)/t19?,20-,24?,25+,29?/m1/s1. The van der Waals surface area contributed by atoms with Crippen molar-refractivity contribution in [2.75, 3.05) is 19.9 Å². The highest BCUT2D eigenvalue weighted by molar-refractivity contribution is 5.84. The zero-order valence-corrected chi connectivity index (χ0v) is 26.2. The molecule has 43 heavy (non-hydrogen) atoms. The Morgan fingerprint density at radius 1 is 1.14 bits per heavy atom. The van der Waals surface area contributed by atoms with Gasteiger partial charge >= 0.3 is 12.1 Å². The molecule has 0 saturated carbocycles. The third kappa shape index (κ3) is 8.36. The number of nitrogens with zero attached hydrogens (tertiary/aromatic N) is 2. The average Bonchev–Trinajstić information content (AvgIpc) is 3.45. The van der Waals surface area contributed by atoms with Gasteiger partial charge in [-0.3, -0.25) is 4.90 Å². The van der Waals surface area contributed by atoms with Gasteiger partial charge in [-0.1, -0.05) is 43.3 Å². The second kappa shape index (κ2) is 13.1. The zero-order chi connectivity index (χ0) is 31.5. The maximum Gasteiger partial charge on any atom is 0.410 e. The van der Waals surface area contributed by atoms with E-state index in [1.165, 1.54) is 16.0 Å². The van der Waals surface area contributed by atoms with Gasteiger partial charge in [-0.25, -0.2) is 14.6 Å². The Labute approximate surface area is 254 Å². The number of carbonyl (C=O) groups excluding carboxylic acids is 1. The number of carbonyl (C=O) groups is 2. The lowest BCUT2D eigenvalue weighted by atomic mass is 9.86. The van der Waals surface area contributed by atoms with Crippen molar-refractivity contribution in [3.05, 3.63) is 53.1 Å².